The number of hydrogen-bond acceptors (Lipinski definition) is 8. The van der Waals surface area contributed by atoms with Gasteiger partial charge in [-0.25, -0.2) is 41.8 Å². The number of hydrogen-bond donors (Lipinski definition) is 1. The Hall–Kier alpha value is -3.71. The Bertz CT molecular complexity index is 1390. The predicted octanol–water partition coefficient (Wildman–Crippen LogP) is 4.61. The molecule has 1 aliphatic heterocycles. The maximum Gasteiger partial charge on any atom is 0.410 e. The van der Waals surface area contributed by atoms with E-state index in [0.717, 1.165) is 6.20 Å². The number of fused-ring (bicyclic) bond motifs is 1. The predicted molar refractivity (Wildman–Crippen MR) is 132 cm³/mol. The van der Waals surface area contributed by atoms with E-state index in [1.54, 1.807) is 26.8 Å². The lowest BCUT2D eigenvalue weighted by Crippen LogP contribution is -2.52. The van der Waals surface area contributed by atoms with Crippen LogP contribution in [0.25, 0.3) is 17.0 Å². The summed E-state index contributed by atoms with van der Waals surface area (Å²) in [6, 6.07) is 0.683. The van der Waals surface area contributed by atoms with Gasteiger partial charge in [-0.05, 0) is 27.2 Å². The number of imidazole rings is 1. The van der Waals surface area contributed by atoms with Crippen LogP contribution < -0.4 is 10.1 Å². The second-order valence-electron chi connectivity index (χ2n) is 10.8. The number of nitrogens with zero attached hydrogens (tertiary/aromatic N) is 6. The van der Waals surface area contributed by atoms with Gasteiger partial charge in [-0.1, -0.05) is 0 Å². The zero-order valence-electron chi connectivity index (χ0n) is 21.9. The van der Waals surface area contributed by atoms with Gasteiger partial charge in [-0.3, -0.25) is 0 Å². The Morgan fingerprint density at radius 1 is 1.21 bits per heavy atom. The van der Waals surface area contributed by atoms with E-state index in [2.05, 4.69) is 25.4 Å². The smallest absolute Gasteiger partial charge is 0.410 e. The van der Waals surface area contributed by atoms with E-state index in [1.807, 2.05) is 0 Å². The van der Waals surface area contributed by atoms with Gasteiger partial charge in [0.2, 0.25) is 11.9 Å². The molecule has 0 radical (unpaired) electrons. The van der Waals surface area contributed by atoms with Crippen molar-refractivity contribution in [1.82, 2.24) is 29.5 Å². The molecule has 2 fully saturated rings. The van der Waals surface area contributed by atoms with Crippen molar-refractivity contribution in [3.8, 4) is 17.1 Å². The van der Waals surface area contributed by atoms with Crippen molar-refractivity contribution in [3.63, 3.8) is 0 Å². The van der Waals surface area contributed by atoms with Gasteiger partial charge in [0.1, 0.15) is 34.6 Å². The Balaban J connectivity index is 1.41. The molecule has 3 aromatic rings. The third-order valence-corrected chi connectivity index (χ3v) is 6.66. The van der Waals surface area contributed by atoms with Crippen LogP contribution in [-0.4, -0.2) is 79.5 Å². The Kier molecular flexibility index (Phi) is 6.75. The summed E-state index contributed by atoms with van der Waals surface area (Å²) in [5.41, 5.74) is -0.106. The van der Waals surface area contributed by atoms with Gasteiger partial charge in [0.05, 0.1) is 25.5 Å². The molecule has 0 bridgehead atoms. The first-order valence-electron chi connectivity index (χ1n) is 12.6. The number of amides is 1. The van der Waals surface area contributed by atoms with E-state index < -0.39 is 41.6 Å². The van der Waals surface area contributed by atoms with Crippen LogP contribution in [0.1, 0.15) is 51.6 Å². The molecule has 1 aliphatic carbocycles. The zero-order valence-corrected chi connectivity index (χ0v) is 21.9. The number of carbonyl (C=O) groups is 1. The van der Waals surface area contributed by atoms with Gasteiger partial charge in [0.25, 0.3) is 0 Å². The van der Waals surface area contributed by atoms with Gasteiger partial charge in [0, 0.05) is 37.9 Å². The standard InChI is InChI=1S/C25H29F4N7O3/c1-24(2,3)39-23(37)35-6-5-14(26)16(12-35)32-22-31-10-15(27)21(33-22)17-11-30-19-7-18(38-4)20(34-36(17)19)13-8-25(28,29)9-13/h7,10-11,13-14,16H,5-6,8-9,12H2,1-4H3,(H,31,32,33)/t14-,16-/m0/s1. The number of alkyl halides is 3. The molecule has 5 rings (SSSR count). The SMILES string of the molecule is COc1cc2ncc(-c3nc(N[C@H]4CN(C(=O)OC(C)(C)C)CC[C@@H]4F)ncc3F)n2nc1C1CC(F)(F)C1. The van der Waals surface area contributed by atoms with Gasteiger partial charge >= 0.3 is 6.09 Å². The highest BCUT2D eigenvalue weighted by Gasteiger charge is 2.48. The first-order chi connectivity index (χ1) is 18.3. The van der Waals surface area contributed by atoms with Crippen LogP contribution in [0.2, 0.25) is 0 Å². The summed E-state index contributed by atoms with van der Waals surface area (Å²) in [5, 5.41) is 7.32. The summed E-state index contributed by atoms with van der Waals surface area (Å²) in [6.45, 7) is 5.42. The van der Waals surface area contributed by atoms with Crippen LogP contribution in [0.4, 0.5) is 28.3 Å². The van der Waals surface area contributed by atoms with Crippen molar-refractivity contribution in [2.45, 2.75) is 69.7 Å². The van der Waals surface area contributed by atoms with Crippen LogP contribution in [-0.2, 0) is 4.74 Å². The molecule has 10 nitrogen and oxygen atoms in total. The summed E-state index contributed by atoms with van der Waals surface area (Å²) < 4.78 is 68.9. The molecule has 39 heavy (non-hydrogen) atoms. The molecule has 4 heterocycles. The Labute approximate surface area is 221 Å². The average molecular weight is 552 g/mol. The number of aromatic nitrogens is 5. The number of halogens is 4. The number of carbonyl (C=O) groups excluding carboxylic acids is 1. The van der Waals surface area contributed by atoms with E-state index >= 15 is 0 Å². The van der Waals surface area contributed by atoms with Crippen LogP contribution in [0, 0.1) is 5.82 Å². The molecule has 14 heteroatoms. The lowest BCUT2D eigenvalue weighted by molar-refractivity contribution is -0.0881. The van der Waals surface area contributed by atoms with E-state index in [4.69, 9.17) is 9.47 Å². The summed E-state index contributed by atoms with van der Waals surface area (Å²) in [7, 11) is 1.41. The Morgan fingerprint density at radius 3 is 2.62 bits per heavy atom. The number of piperidine rings is 1. The van der Waals surface area contributed by atoms with E-state index in [-0.39, 0.29) is 49.7 Å². The second kappa shape index (κ2) is 9.79. The highest BCUT2D eigenvalue weighted by molar-refractivity contribution is 5.68. The minimum Gasteiger partial charge on any atom is -0.495 e. The zero-order chi connectivity index (χ0) is 28.1. The van der Waals surface area contributed by atoms with Crippen molar-refractivity contribution in [2.24, 2.45) is 0 Å². The normalized spacial score (nSPS) is 21.5. The van der Waals surface area contributed by atoms with E-state index in [1.165, 1.54) is 22.7 Å². The fourth-order valence-electron chi connectivity index (χ4n) is 4.71. The maximum atomic E-state index is 14.9. The van der Waals surface area contributed by atoms with Gasteiger partial charge in [0.15, 0.2) is 11.5 Å². The third kappa shape index (κ3) is 5.55. The van der Waals surface area contributed by atoms with Crippen LogP contribution >= 0.6 is 0 Å². The van der Waals surface area contributed by atoms with Gasteiger partial charge in [-0.2, -0.15) is 5.10 Å². The lowest BCUT2D eigenvalue weighted by Gasteiger charge is -2.36. The quantitative estimate of drug-likeness (QED) is 0.459. The molecule has 1 N–H and O–H groups in total. The van der Waals surface area contributed by atoms with Crippen molar-refractivity contribution in [2.75, 3.05) is 25.5 Å². The van der Waals surface area contributed by atoms with Crippen LogP contribution in [0.3, 0.4) is 0 Å². The molecule has 1 saturated carbocycles. The van der Waals surface area contributed by atoms with Crippen molar-refractivity contribution in [3.05, 3.63) is 30.0 Å². The second-order valence-corrected chi connectivity index (χ2v) is 10.8. The number of methoxy groups -OCH3 is 1. The number of rotatable bonds is 5. The minimum absolute atomic E-state index is 0.00149. The van der Waals surface area contributed by atoms with Crippen LogP contribution in [0.15, 0.2) is 18.5 Å². The molecule has 0 spiro atoms. The fourth-order valence-corrected chi connectivity index (χ4v) is 4.71. The summed E-state index contributed by atoms with van der Waals surface area (Å²) in [4.78, 5) is 26.3. The van der Waals surface area contributed by atoms with Crippen molar-refractivity contribution < 1.29 is 31.8 Å². The highest BCUT2D eigenvalue weighted by Crippen LogP contribution is 2.49. The number of nitrogens with one attached hydrogen (secondary N) is 1. The van der Waals surface area contributed by atoms with Gasteiger partial charge < -0.3 is 19.7 Å². The average Bonchev–Trinajstić information content (AvgIpc) is 3.25. The number of likely N-dealkylation sites (tertiary alicyclic amines) is 1. The summed E-state index contributed by atoms with van der Waals surface area (Å²) in [5.74, 6) is -3.83. The molecule has 1 saturated heterocycles. The number of ether oxygens (including phenoxy) is 2. The first kappa shape index (κ1) is 26.9. The summed E-state index contributed by atoms with van der Waals surface area (Å²) >= 11 is 0. The highest BCUT2D eigenvalue weighted by atomic mass is 19.3. The monoisotopic (exact) mass is 551 g/mol. The van der Waals surface area contributed by atoms with Crippen molar-refractivity contribution >= 4 is 17.7 Å². The fraction of sp³-hybridized carbons (Fsp3) is 0.560. The molecule has 0 aromatic carbocycles. The lowest BCUT2D eigenvalue weighted by atomic mass is 9.79. The molecule has 3 aromatic heterocycles. The molecule has 2 atom stereocenters. The molecule has 0 unspecified atom stereocenters. The molecular weight excluding hydrogens is 522 g/mol. The van der Waals surface area contributed by atoms with E-state index in [9.17, 15) is 22.4 Å². The van der Waals surface area contributed by atoms with Crippen LogP contribution in [0.5, 0.6) is 5.75 Å². The molecule has 1 amide bonds. The van der Waals surface area contributed by atoms with E-state index in [0.29, 0.717) is 17.1 Å². The molecule has 2 aliphatic rings. The summed E-state index contributed by atoms with van der Waals surface area (Å²) in [6.07, 6.45) is -0.251. The first-order valence-corrected chi connectivity index (χ1v) is 12.6. The molecular formula is C25H29F4N7O3. The largest absolute Gasteiger partial charge is 0.495 e. The Morgan fingerprint density at radius 2 is 1.95 bits per heavy atom. The minimum atomic E-state index is -2.77. The topological polar surface area (TPSA) is 107 Å². The van der Waals surface area contributed by atoms with Crippen molar-refractivity contribution in [1.29, 1.82) is 0 Å². The number of anilines is 1. The molecule has 210 valence electrons. The maximum absolute atomic E-state index is 14.9. The van der Waals surface area contributed by atoms with Gasteiger partial charge in [-0.15, -0.1) is 0 Å². The third-order valence-electron chi connectivity index (χ3n) is 6.66.